The largest absolute Gasteiger partial charge is 0.490 e. The van der Waals surface area contributed by atoms with E-state index >= 15 is 0 Å². The highest BCUT2D eigenvalue weighted by molar-refractivity contribution is 6.02. The van der Waals surface area contributed by atoms with Crippen LogP contribution in [0.1, 0.15) is 5.56 Å². The quantitative estimate of drug-likeness (QED) is 0.861. The molecule has 0 fully saturated rings. The molecule has 0 atom stereocenters. The van der Waals surface area contributed by atoms with E-state index in [4.69, 9.17) is 4.74 Å². The Morgan fingerprint density at radius 1 is 1.20 bits per heavy atom. The lowest BCUT2D eigenvalue weighted by atomic mass is 10.2. The van der Waals surface area contributed by atoms with E-state index in [1.165, 1.54) is 0 Å². The molecule has 0 aromatic heterocycles. The van der Waals surface area contributed by atoms with Gasteiger partial charge < -0.3 is 10.1 Å². The van der Waals surface area contributed by atoms with Crippen LogP contribution in [0.25, 0.3) is 0 Å². The van der Waals surface area contributed by atoms with E-state index in [-0.39, 0.29) is 6.03 Å². The summed E-state index contributed by atoms with van der Waals surface area (Å²) < 4.78 is 5.55. The average molecular weight is 268 g/mol. The van der Waals surface area contributed by atoms with Crippen LogP contribution in [0, 0.1) is 6.92 Å². The molecule has 1 aliphatic heterocycles. The van der Waals surface area contributed by atoms with Gasteiger partial charge in [0.05, 0.1) is 12.2 Å². The van der Waals surface area contributed by atoms with Gasteiger partial charge in [0, 0.05) is 5.69 Å². The third-order valence-corrected chi connectivity index (χ3v) is 3.24. The molecule has 0 unspecified atom stereocenters. The van der Waals surface area contributed by atoms with Crippen molar-refractivity contribution in [2.45, 2.75) is 6.92 Å². The number of carbonyl (C=O) groups excluding carboxylic acids is 1. The number of urea groups is 1. The summed E-state index contributed by atoms with van der Waals surface area (Å²) in [4.78, 5) is 14.1. The lowest BCUT2D eigenvalue weighted by molar-refractivity contribution is 0.250. The monoisotopic (exact) mass is 268 g/mol. The van der Waals surface area contributed by atoms with Crippen molar-refractivity contribution < 1.29 is 9.53 Å². The molecule has 0 saturated carbocycles. The van der Waals surface area contributed by atoms with Crippen LogP contribution in [-0.2, 0) is 0 Å². The average Bonchev–Trinajstić information content (AvgIpc) is 2.46. The van der Waals surface area contributed by atoms with Gasteiger partial charge in [-0.25, -0.2) is 4.79 Å². The molecule has 2 aromatic rings. The summed E-state index contributed by atoms with van der Waals surface area (Å²) >= 11 is 0. The highest BCUT2D eigenvalue weighted by Crippen LogP contribution is 2.31. The first-order valence-electron chi connectivity index (χ1n) is 6.61. The highest BCUT2D eigenvalue weighted by Gasteiger charge is 2.23. The van der Waals surface area contributed by atoms with Gasteiger partial charge in [0.1, 0.15) is 12.4 Å². The molecule has 0 aliphatic carbocycles. The molecular formula is C16H16N2O2. The minimum absolute atomic E-state index is 0.133. The van der Waals surface area contributed by atoms with E-state index in [9.17, 15) is 4.79 Å². The van der Waals surface area contributed by atoms with Crippen LogP contribution in [-0.4, -0.2) is 19.2 Å². The number of fused-ring (bicyclic) bond motifs is 1. The summed E-state index contributed by atoms with van der Waals surface area (Å²) in [6, 6.07) is 15.2. The number of hydrogen-bond donors (Lipinski definition) is 1. The van der Waals surface area contributed by atoms with Gasteiger partial charge in [-0.3, -0.25) is 4.90 Å². The Hall–Kier alpha value is -2.49. The minimum atomic E-state index is -0.133. The van der Waals surface area contributed by atoms with Gasteiger partial charge in [0.15, 0.2) is 0 Å². The van der Waals surface area contributed by atoms with Crippen molar-refractivity contribution in [3.8, 4) is 5.75 Å². The van der Waals surface area contributed by atoms with E-state index < -0.39 is 0 Å². The van der Waals surface area contributed by atoms with Crippen LogP contribution in [0.4, 0.5) is 16.2 Å². The van der Waals surface area contributed by atoms with Gasteiger partial charge in [0.2, 0.25) is 0 Å². The summed E-state index contributed by atoms with van der Waals surface area (Å²) in [7, 11) is 0. The number of para-hydroxylation sites is 2. The third-order valence-electron chi connectivity index (χ3n) is 3.24. The zero-order valence-electron chi connectivity index (χ0n) is 11.3. The number of anilines is 2. The second-order valence-corrected chi connectivity index (χ2v) is 4.77. The van der Waals surface area contributed by atoms with E-state index in [1.54, 1.807) is 4.90 Å². The number of ether oxygens (including phenoxy) is 1. The predicted molar refractivity (Wildman–Crippen MR) is 79.5 cm³/mol. The SMILES string of the molecule is Cc1cccc(NC(=O)N2CCOc3ccccc32)c1. The van der Waals surface area contributed by atoms with Crippen LogP contribution >= 0.6 is 0 Å². The summed E-state index contributed by atoms with van der Waals surface area (Å²) in [5.41, 5.74) is 2.73. The fourth-order valence-electron chi connectivity index (χ4n) is 2.29. The molecule has 1 N–H and O–H groups in total. The molecule has 102 valence electrons. The summed E-state index contributed by atoms with van der Waals surface area (Å²) in [5.74, 6) is 0.748. The molecule has 1 heterocycles. The van der Waals surface area contributed by atoms with Crippen molar-refractivity contribution in [2.24, 2.45) is 0 Å². The standard InChI is InChI=1S/C16H16N2O2/c1-12-5-4-6-13(11-12)17-16(19)18-9-10-20-15-8-3-2-7-14(15)18/h2-8,11H,9-10H2,1H3,(H,17,19). The van der Waals surface area contributed by atoms with Crippen LogP contribution < -0.4 is 15.0 Å². The third kappa shape index (κ3) is 2.45. The smallest absolute Gasteiger partial charge is 0.326 e. The predicted octanol–water partition coefficient (Wildman–Crippen LogP) is 3.43. The Balaban J connectivity index is 1.82. The molecule has 2 amide bonds. The van der Waals surface area contributed by atoms with Gasteiger partial charge in [-0.2, -0.15) is 0 Å². The summed E-state index contributed by atoms with van der Waals surface area (Å²) in [6.45, 7) is 3.06. The van der Waals surface area contributed by atoms with Gasteiger partial charge in [-0.05, 0) is 36.8 Å². The van der Waals surface area contributed by atoms with Crippen LogP contribution in [0.5, 0.6) is 5.75 Å². The van der Waals surface area contributed by atoms with Crippen LogP contribution in [0.15, 0.2) is 48.5 Å². The van der Waals surface area contributed by atoms with Crippen molar-refractivity contribution in [1.29, 1.82) is 0 Å². The van der Waals surface area contributed by atoms with Crippen molar-refractivity contribution >= 4 is 17.4 Å². The maximum atomic E-state index is 12.4. The topological polar surface area (TPSA) is 41.6 Å². The Bertz CT molecular complexity index is 640. The van der Waals surface area contributed by atoms with Gasteiger partial charge >= 0.3 is 6.03 Å². The second kappa shape index (κ2) is 5.25. The Morgan fingerprint density at radius 2 is 2.05 bits per heavy atom. The fraction of sp³-hybridized carbons (Fsp3) is 0.188. The Morgan fingerprint density at radius 3 is 2.90 bits per heavy atom. The van der Waals surface area contributed by atoms with Gasteiger partial charge in [-0.15, -0.1) is 0 Å². The number of benzene rings is 2. The maximum Gasteiger partial charge on any atom is 0.326 e. The molecular weight excluding hydrogens is 252 g/mol. The molecule has 0 bridgehead atoms. The molecule has 20 heavy (non-hydrogen) atoms. The number of amides is 2. The summed E-state index contributed by atoms with van der Waals surface area (Å²) in [6.07, 6.45) is 0. The number of aryl methyl sites for hydroxylation is 1. The lowest BCUT2D eigenvalue weighted by Crippen LogP contribution is -2.40. The van der Waals surface area contributed by atoms with Crippen LogP contribution in [0.2, 0.25) is 0 Å². The molecule has 3 rings (SSSR count). The first-order valence-corrected chi connectivity index (χ1v) is 6.61. The van der Waals surface area contributed by atoms with E-state index in [2.05, 4.69) is 5.32 Å². The van der Waals surface area contributed by atoms with Crippen molar-refractivity contribution in [2.75, 3.05) is 23.4 Å². The number of nitrogens with one attached hydrogen (secondary N) is 1. The maximum absolute atomic E-state index is 12.4. The summed E-state index contributed by atoms with van der Waals surface area (Å²) in [5, 5.41) is 2.92. The minimum Gasteiger partial charge on any atom is -0.490 e. The molecule has 4 nitrogen and oxygen atoms in total. The highest BCUT2D eigenvalue weighted by atomic mass is 16.5. The molecule has 0 radical (unpaired) electrons. The number of hydrogen-bond acceptors (Lipinski definition) is 2. The second-order valence-electron chi connectivity index (χ2n) is 4.77. The molecule has 0 spiro atoms. The zero-order chi connectivity index (χ0) is 13.9. The number of rotatable bonds is 1. The van der Waals surface area contributed by atoms with E-state index in [0.29, 0.717) is 13.2 Å². The van der Waals surface area contributed by atoms with Crippen LogP contribution in [0.3, 0.4) is 0 Å². The number of carbonyl (C=O) groups is 1. The number of nitrogens with zero attached hydrogens (tertiary/aromatic N) is 1. The van der Waals surface area contributed by atoms with Crippen molar-refractivity contribution in [3.05, 3.63) is 54.1 Å². The van der Waals surface area contributed by atoms with E-state index in [1.807, 2.05) is 55.5 Å². The molecule has 0 saturated heterocycles. The van der Waals surface area contributed by atoms with Gasteiger partial charge in [-0.1, -0.05) is 24.3 Å². The molecule has 4 heteroatoms. The van der Waals surface area contributed by atoms with Crippen molar-refractivity contribution in [1.82, 2.24) is 0 Å². The first-order chi connectivity index (χ1) is 9.74. The van der Waals surface area contributed by atoms with Crippen molar-refractivity contribution in [3.63, 3.8) is 0 Å². The first kappa shape index (κ1) is 12.5. The normalized spacial score (nSPS) is 13.3. The zero-order valence-corrected chi connectivity index (χ0v) is 11.3. The molecule has 2 aromatic carbocycles. The lowest BCUT2D eigenvalue weighted by Gasteiger charge is -2.29. The van der Waals surface area contributed by atoms with E-state index in [0.717, 1.165) is 22.7 Å². The molecule has 1 aliphatic rings. The Labute approximate surface area is 118 Å². The fourth-order valence-corrected chi connectivity index (χ4v) is 2.29. The van der Waals surface area contributed by atoms with Gasteiger partial charge in [0.25, 0.3) is 0 Å². The Kier molecular flexibility index (Phi) is 3.29.